The average molecular weight is 409 g/mol. The Morgan fingerprint density at radius 1 is 0.920 bits per heavy atom. The van der Waals surface area contributed by atoms with Gasteiger partial charge in [-0.3, -0.25) is 13.9 Å². The van der Waals surface area contributed by atoms with Gasteiger partial charge in [-0.25, -0.2) is 0 Å². The molecule has 0 bridgehead atoms. The molecule has 12 heteroatoms. The lowest BCUT2D eigenvalue weighted by molar-refractivity contribution is 0.112. The third kappa shape index (κ3) is 8.07. The van der Waals surface area contributed by atoms with Gasteiger partial charge in [0.2, 0.25) is 0 Å². The molecule has 0 spiro atoms. The Labute approximate surface area is 149 Å². The van der Waals surface area contributed by atoms with Crippen LogP contribution in [0.1, 0.15) is 10.4 Å². The van der Waals surface area contributed by atoms with Crippen molar-refractivity contribution in [3.05, 3.63) is 59.1 Å². The number of carbonyl (C=O) groups is 1. The maximum absolute atomic E-state index is 10.6. The van der Waals surface area contributed by atoms with Gasteiger partial charge in [0.15, 0.2) is 6.29 Å². The van der Waals surface area contributed by atoms with Crippen molar-refractivity contribution in [2.75, 3.05) is 5.43 Å². The van der Waals surface area contributed by atoms with Gasteiger partial charge < -0.3 is 5.43 Å². The molecule has 2 rings (SSSR count). The van der Waals surface area contributed by atoms with Crippen molar-refractivity contribution < 1.29 is 30.7 Å². The maximum atomic E-state index is 10.6. The van der Waals surface area contributed by atoms with E-state index in [1.807, 2.05) is 0 Å². The Balaban J connectivity index is 0.000000251. The molecule has 0 aliphatic heterocycles. The van der Waals surface area contributed by atoms with Crippen LogP contribution in [-0.4, -0.2) is 32.2 Å². The zero-order valence-electron chi connectivity index (χ0n) is 12.3. The molecule has 0 amide bonds. The van der Waals surface area contributed by atoms with Gasteiger partial charge in [0.1, 0.15) is 4.90 Å². The Morgan fingerprint density at radius 3 is 1.92 bits per heavy atom. The van der Waals surface area contributed by atoms with Crippen LogP contribution in [0.3, 0.4) is 0 Å². The molecule has 0 saturated carbocycles. The highest BCUT2D eigenvalue weighted by Gasteiger charge is 2.13. The molecule has 2 aromatic rings. The molecule has 136 valence electrons. The average Bonchev–Trinajstić information content (AvgIpc) is 2.53. The Kier molecular flexibility index (Phi) is 7.48. The maximum Gasteiger partial charge on any atom is 0.350 e. The topological polar surface area (TPSA) is 150 Å². The van der Waals surface area contributed by atoms with Crippen LogP contribution in [0.15, 0.2) is 53.4 Å². The molecule has 0 unspecified atom stereocenters. The van der Waals surface area contributed by atoms with E-state index < -0.39 is 20.4 Å². The second kappa shape index (κ2) is 8.89. The second-order valence-corrected chi connectivity index (χ2v) is 7.32. The predicted octanol–water partition coefficient (Wildman–Crippen LogP) is 1.81. The summed E-state index contributed by atoms with van der Waals surface area (Å²) in [6, 6.07) is 11.7. The number of halogens is 1. The highest BCUT2D eigenvalue weighted by molar-refractivity contribution is 7.86. The summed E-state index contributed by atoms with van der Waals surface area (Å²) in [5, 5.41) is 0.539. The molecule has 0 heterocycles. The summed E-state index contributed by atoms with van der Waals surface area (Å²) < 4.78 is 58.6. The van der Waals surface area contributed by atoms with E-state index >= 15 is 0 Å². The van der Waals surface area contributed by atoms with Crippen LogP contribution in [0.25, 0.3) is 0 Å². The smallest absolute Gasteiger partial charge is 0.306 e. The molecule has 0 aliphatic rings. The minimum absolute atomic E-state index is 0.0417. The predicted molar refractivity (Wildman–Crippen MR) is 91.4 cm³/mol. The number of nitrogens with one attached hydrogen (secondary N) is 2. The number of rotatable bonds is 5. The van der Waals surface area contributed by atoms with Crippen molar-refractivity contribution in [2.24, 2.45) is 0 Å². The van der Waals surface area contributed by atoms with Crippen molar-refractivity contribution in [1.29, 1.82) is 0 Å². The first-order chi connectivity index (χ1) is 11.5. The van der Waals surface area contributed by atoms with Gasteiger partial charge in [-0.15, -0.1) is 4.83 Å². The van der Waals surface area contributed by atoms with E-state index in [1.54, 1.807) is 29.1 Å². The van der Waals surface area contributed by atoms with E-state index in [-0.39, 0.29) is 10.5 Å². The molecular formula is C13H13ClN2O7S2. The summed E-state index contributed by atoms with van der Waals surface area (Å²) in [5.74, 6) is 0. The lowest BCUT2D eigenvalue weighted by Crippen LogP contribution is -2.28. The first-order valence-electron chi connectivity index (χ1n) is 6.30. The molecule has 4 N–H and O–H groups in total. The second-order valence-electron chi connectivity index (χ2n) is 4.34. The third-order valence-corrected chi connectivity index (χ3v) is 4.03. The monoisotopic (exact) mass is 408 g/mol. The minimum atomic E-state index is -4.28. The molecule has 0 atom stereocenters. The highest BCUT2D eigenvalue weighted by atomic mass is 35.5. The normalized spacial score (nSPS) is 11.2. The minimum Gasteiger partial charge on any atom is -0.306 e. The molecule has 9 nitrogen and oxygen atoms in total. The van der Waals surface area contributed by atoms with Crippen LogP contribution in [0.2, 0.25) is 5.02 Å². The van der Waals surface area contributed by atoms with Gasteiger partial charge in [0.25, 0.3) is 10.1 Å². The summed E-state index contributed by atoms with van der Waals surface area (Å²) in [7, 11) is -8.50. The van der Waals surface area contributed by atoms with Gasteiger partial charge in [-0.2, -0.15) is 16.8 Å². The van der Waals surface area contributed by atoms with Gasteiger partial charge in [0.05, 0.1) is 0 Å². The summed E-state index contributed by atoms with van der Waals surface area (Å²) in [4.78, 5) is 11.6. The molecule has 0 fully saturated rings. The zero-order chi connectivity index (χ0) is 19.1. The Bertz CT molecular complexity index is 929. The van der Waals surface area contributed by atoms with Gasteiger partial charge >= 0.3 is 10.3 Å². The van der Waals surface area contributed by atoms with Gasteiger partial charge in [-0.1, -0.05) is 29.8 Å². The number of aldehydes is 1. The molecule has 0 radical (unpaired) electrons. The number of hydrogen-bond acceptors (Lipinski definition) is 6. The van der Waals surface area contributed by atoms with E-state index in [0.29, 0.717) is 17.0 Å². The van der Waals surface area contributed by atoms with Crippen LogP contribution in [-0.2, 0) is 20.4 Å². The van der Waals surface area contributed by atoms with Crippen LogP contribution in [0.5, 0.6) is 0 Å². The molecule has 25 heavy (non-hydrogen) atoms. The lowest BCUT2D eigenvalue weighted by atomic mass is 10.2. The van der Waals surface area contributed by atoms with Gasteiger partial charge in [-0.05, 0) is 30.3 Å². The lowest BCUT2D eigenvalue weighted by Gasteiger charge is -2.04. The number of hydrazine groups is 1. The van der Waals surface area contributed by atoms with Crippen molar-refractivity contribution in [2.45, 2.75) is 4.90 Å². The van der Waals surface area contributed by atoms with E-state index in [1.165, 1.54) is 24.3 Å². The van der Waals surface area contributed by atoms with Crippen molar-refractivity contribution >= 4 is 44.0 Å². The first kappa shape index (κ1) is 21.0. The fourth-order valence-electron chi connectivity index (χ4n) is 1.47. The summed E-state index contributed by atoms with van der Waals surface area (Å²) in [5.41, 5.74) is 2.70. The van der Waals surface area contributed by atoms with Crippen LogP contribution in [0, 0.1) is 0 Å². The van der Waals surface area contributed by atoms with Gasteiger partial charge in [0, 0.05) is 16.3 Å². The molecule has 0 aliphatic carbocycles. The fourth-order valence-corrected chi connectivity index (χ4v) is 2.51. The number of carbonyl (C=O) groups excluding carboxylic acids is 1. The SMILES string of the molecule is O=Cc1ccccc1S(=O)(=O)O.O=S(=O)(O)NNc1ccc(Cl)cc1. The third-order valence-electron chi connectivity index (χ3n) is 2.49. The molecular weight excluding hydrogens is 396 g/mol. The van der Waals surface area contributed by atoms with E-state index in [2.05, 4.69) is 5.43 Å². The Morgan fingerprint density at radius 2 is 1.48 bits per heavy atom. The highest BCUT2D eigenvalue weighted by Crippen LogP contribution is 2.13. The summed E-state index contributed by atoms with van der Waals surface area (Å²) in [6.07, 6.45) is 0.378. The molecule has 0 saturated heterocycles. The molecule has 2 aromatic carbocycles. The van der Waals surface area contributed by atoms with Crippen molar-refractivity contribution in [3.8, 4) is 0 Å². The summed E-state index contributed by atoms with van der Waals surface area (Å²) in [6.45, 7) is 0. The largest absolute Gasteiger partial charge is 0.350 e. The van der Waals surface area contributed by atoms with Crippen molar-refractivity contribution in [3.63, 3.8) is 0 Å². The number of anilines is 1. The fraction of sp³-hybridized carbons (Fsp3) is 0. The first-order valence-corrected chi connectivity index (χ1v) is 9.56. The van der Waals surface area contributed by atoms with Crippen LogP contribution in [0.4, 0.5) is 5.69 Å². The van der Waals surface area contributed by atoms with E-state index in [0.717, 1.165) is 0 Å². The quantitative estimate of drug-likeness (QED) is 0.332. The van der Waals surface area contributed by atoms with Crippen molar-refractivity contribution in [1.82, 2.24) is 4.83 Å². The molecule has 0 aromatic heterocycles. The standard InChI is InChI=1S/C7H6O4S.C6H7ClN2O3S/c8-5-6-3-1-2-4-7(6)12(9,10)11;7-5-1-3-6(4-2-5)8-9-13(10,11)12/h1-5H,(H,9,10,11);1-4,8-9H,(H,10,11,12). The number of benzene rings is 2. The van der Waals surface area contributed by atoms with Crippen LogP contribution >= 0.6 is 11.6 Å². The van der Waals surface area contributed by atoms with Crippen LogP contribution < -0.4 is 10.3 Å². The number of hydrogen-bond donors (Lipinski definition) is 4. The summed E-state index contributed by atoms with van der Waals surface area (Å²) >= 11 is 5.59. The zero-order valence-corrected chi connectivity index (χ0v) is 14.7. The van der Waals surface area contributed by atoms with E-state index in [4.69, 9.17) is 20.7 Å². The van der Waals surface area contributed by atoms with E-state index in [9.17, 15) is 21.6 Å². The Hall–Kier alpha value is -2.02.